The summed E-state index contributed by atoms with van der Waals surface area (Å²) in [4.78, 5) is 36.1. The summed E-state index contributed by atoms with van der Waals surface area (Å²) in [6, 6.07) is -0.727. The number of carboxylic acids is 1. The Balaban J connectivity index is 4.34. The molecule has 0 aliphatic rings. The second-order valence-corrected chi connectivity index (χ2v) is 12.0. The van der Waals surface area contributed by atoms with Crippen LogP contribution in [0.2, 0.25) is 0 Å². The molecule has 0 radical (unpaired) electrons. The number of ether oxygens (including phenoxy) is 3. The fourth-order valence-corrected chi connectivity index (χ4v) is 4.35. The fourth-order valence-electron chi connectivity index (χ4n) is 4.35. The van der Waals surface area contributed by atoms with E-state index in [-0.39, 0.29) is 42.7 Å². The van der Waals surface area contributed by atoms with Crippen LogP contribution in [0, 0.1) is 0 Å². The smallest absolute Gasteiger partial charge is 0.306 e. The van der Waals surface area contributed by atoms with E-state index in [0.29, 0.717) is 12.8 Å². The van der Waals surface area contributed by atoms with Gasteiger partial charge >= 0.3 is 11.9 Å². The largest absolute Gasteiger partial charge is 0.544 e. The van der Waals surface area contributed by atoms with Crippen LogP contribution in [0.1, 0.15) is 110 Å². The summed E-state index contributed by atoms with van der Waals surface area (Å²) in [6.07, 6.45) is 29.2. The Kier molecular flexibility index (Phi) is 26.1. The molecule has 0 rings (SSSR count). The Hall–Kier alpha value is -2.71. The van der Waals surface area contributed by atoms with Gasteiger partial charge in [-0.2, -0.15) is 0 Å². The molecule has 0 amide bonds. The minimum atomic E-state index is -1.14. The Morgan fingerprint density at radius 2 is 1.27 bits per heavy atom. The number of carbonyl (C=O) groups is 3. The second-order valence-electron chi connectivity index (χ2n) is 12.0. The van der Waals surface area contributed by atoms with E-state index in [1.54, 1.807) is 21.1 Å². The van der Waals surface area contributed by atoms with Crippen molar-refractivity contribution in [2.75, 3.05) is 41.0 Å². The number of likely N-dealkylation sites (N-methyl/N-ethyl adjacent to an activating group) is 1. The van der Waals surface area contributed by atoms with Crippen molar-refractivity contribution in [3.05, 3.63) is 48.6 Å². The van der Waals surface area contributed by atoms with Gasteiger partial charge in [-0.3, -0.25) is 9.59 Å². The van der Waals surface area contributed by atoms with Gasteiger partial charge in [-0.1, -0.05) is 88.1 Å². The SMILES string of the molecule is CC/C=C\C/C=C\C/C=C\C/C=C\CCCCCCC(=O)OC(COCCC(C(=O)[O-])[N+](C)(C)C)COC(=O)CCCCC. The maximum absolute atomic E-state index is 12.5. The van der Waals surface area contributed by atoms with Gasteiger partial charge < -0.3 is 28.6 Å². The standard InChI is InChI=1S/C36H61NO7/c1-6-8-10-11-12-13-14-15-16-17-18-19-20-21-22-23-25-27-35(39)44-32(31-43-34(38)26-24-9-7-2)30-42-29-28-33(36(40)41)37(3,4)5/h8,10,12-13,15-16,18-19,32-33H,6-7,9,11,14,17,20-31H2,1-5H3/b10-8-,13-12-,16-15-,19-18-. The molecule has 8 nitrogen and oxygen atoms in total. The molecule has 0 aliphatic heterocycles. The van der Waals surface area contributed by atoms with Gasteiger partial charge in [0.25, 0.3) is 0 Å². The number of hydrogen-bond acceptors (Lipinski definition) is 7. The van der Waals surface area contributed by atoms with Crippen molar-refractivity contribution >= 4 is 17.9 Å². The molecule has 0 spiro atoms. The lowest BCUT2D eigenvalue weighted by atomic mass is 10.1. The van der Waals surface area contributed by atoms with Gasteiger partial charge in [0.05, 0.1) is 40.3 Å². The first kappa shape index (κ1) is 41.3. The van der Waals surface area contributed by atoms with Crippen molar-refractivity contribution in [1.29, 1.82) is 0 Å². The van der Waals surface area contributed by atoms with E-state index in [1.165, 1.54) is 0 Å². The third kappa shape index (κ3) is 25.8. The number of allylic oxidation sites excluding steroid dienone is 8. The molecular formula is C36H61NO7. The molecule has 0 heterocycles. The molecule has 0 N–H and O–H groups in total. The number of hydrogen-bond donors (Lipinski definition) is 0. The molecule has 0 aliphatic carbocycles. The van der Waals surface area contributed by atoms with Gasteiger partial charge in [0.2, 0.25) is 0 Å². The molecular weight excluding hydrogens is 558 g/mol. The van der Waals surface area contributed by atoms with Crippen LogP contribution in [-0.4, -0.2) is 75.5 Å². The predicted molar refractivity (Wildman–Crippen MR) is 176 cm³/mol. The molecule has 0 fully saturated rings. The van der Waals surface area contributed by atoms with Crippen LogP contribution in [0.15, 0.2) is 48.6 Å². The Bertz CT molecular complexity index is 870. The molecule has 0 saturated heterocycles. The number of quaternary nitrogens is 1. The van der Waals surface area contributed by atoms with Gasteiger partial charge in [-0.05, 0) is 51.4 Å². The number of esters is 2. The van der Waals surface area contributed by atoms with Gasteiger partial charge in [0.15, 0.2) is 6.10 Å². The molecule has 0 saturated carbocycles. The highest BCUT2D eigenvalue weighted by Gasteiger charge is 2.25. The van der Waals surface area contributed by atoms with E-state index in [4.69, 9.17) is 14.2 Å². The summed E-state index contributed by atoms with van der Waals surface area (Å²) in [7, 11) is 5.36. The quantitative estimate of drug-likeness (QED) is 0.0432. The summed E-state index contributed by atoms with van der Waals surface area (Å²) in [6.45, 7) is 4.31. The van der Waals surface area contributed by atoms with Crippen molar-refractivity contribution in [2.24, 2.45) is 0 Å². The summed E-state index contributed by atoms with van der Waals surface area (Å²) in [5.41, 5.74) is 0. The zero-order valence-electron chi connectivity index (χ0n) is 28.3. The van der Waals surface area contributed by atoms with Crippen LogP contribution in [0.5, 0.6) is 0 Å². The number of carbonyl (C=O) groups excluding carboxylic acids is 3. The van der Waals surface area contributed by atoms with Crippen LogP contribution in [0.3, 0.4) is 0 Å². The summed E-state index contributed by atoms with van der Waals surface area (Å²) < 4.78 is 16.8. The molecule has 0 aromatic carbocycles. The number of carboxylic acid groups (broad SMARTS) is 1. The van der Waals surface area contributed by atoms with Crippen LogP contribution in [0.4, 0.5) is 0 Å². The van der Waals surface area contributed by atoms with Crippen molar-refractivity contribution in [1.82, 2.24) is 0 Å². The lowest BCUT2D eigenvalue weighted by molar-refractivity contribution is -0.889. The Morgan fingerprint density at radius 1 is 0.705 bits per heavy atom. The third-order valence-electron chi connectivity index (χ3n) is 6.98. The zero-order chi connectivity index (χ0) is 32.9. The van der Waals surface area contributed by atoms with Crippen molar-refractivity contribution < 1.29 is 38.2 Å². The zero-order valence-corrected chi connectivity index (χ0v) is 28.3. The van der Waals surface area contributed by atoms with E-state index < -0.39 is 18.1 Å². The normalized spacial score (nSPS) is 13.8. The lowest BCUT2D eigenvalue weighted by Crippen LogP contribution is -2.55. The van der Waals surface area contributed by atoms with Crippen LogP contribution in [0.25, 0.3) is 0 Å². The second kappa shape index (κ2) is 27.8. The lowest BCUT2D eigenvalue weighted by Gasteiger charge is -2.34. The summed E-state index contributed by atoms with van der Waals surface area (Å²) in [5.74, 6) is -1.81. The first-order chi connectivity index (χ1) is 21.1. The topological polar surface area (TPSA) is 102 Å². The maximum Gasteiger partial charge on any atom is 0.306 e. The summed E-state index contributed by atoms with van der Waals surface area (Å²) >= 11 is 0. The van der Waals surface area contributed by atoms with Crippen molar-refractivity contribution in [3.63, 3.8) is 0 Å². The molecule has 0 bridgehead atoms. The summed E-state index contributed by atoms with van der Waals surface area (Å²) in [5, 5.41) is 11.5. The number of aliphatic carboxylic acids is 1. The van der Waals surface area contributed by atoms with E-state index >= 15 is 0 Å². The molecule has 0 aromatic heterocycles. The Morgan fingerprint density at radius 3 is 1.86 bits per heavy atom. The number of unbranched alkanes of at least 4 members (excludes halogenated alkanes) is 6. The molecule has 2 unspecified atom stereocenters. The fraction of sp³-hybridized carbons (Fsp3) is 0.694. The van der Waals surface area contributed by atoms with Crippen LogP contribution < -0.4 is 5.11 Å². The van der Waals surface area contributed by atoms with E-state index in [1.807, 2.05) is 0 Å². The van der Waals surface area contributed by atoms with E-state index in [9.17, 15) is 19.5 Å². The maximum atomic E-state index is 12.5. The molecule has 0 aromatic rings. The first-order valence-electron chi connectivity index (χ1n) is 16.7. The van der Waals surface area contributed by atoms with Crippen LogP contribution in [-0.2, 0) is 28.6 Å². The third-order valence-corrected chi connectivity index (χ3v) is 6.98. The number of nitrogens with zero attached hydrogens (tertiary/aromatic N) is 1. The van der Waals surface area contributed by atoms with Crippen LogP contribution >= 0.6 is 0 Å². The van der Waals surface area contributed by atoms with E-state index in [2.05, 4.69) is 62.5 Å². The highest BCUT2D eigenvalue weighted by molar-refractivity contribution is 5.70. The molecule has 44 heavy (non-hydrogen) atoms. The monoisotopic (exact) mass is 619 g/mol. The van der Waals surface area contributed by atoms with Gasteiger partial charge in [-0.15, -0.1) is 0 Å². The first-order valence-corrected chi connectivity index (χ1v) is 16.7. The highest BCUT2D eigenvalue weighted by atomic mass is 16.6. The minimum absolute atomic E-state index is 0.0275. The molecule has 2 atom stereocenters. The van der Waals surface area contributed by atoms with Gasteiger partial charge in [0.1, 0.15) is 12.6 Å². The van der Waals surface area contributed by atoms with Crippen molar-refractivity contribution in [3.8, 4) is 0 Å². The minimum Gasteiger partial charge on any atom is -0.544 e. The highest BCUT2D eigenvalue weighted by Crippen LogP contribution is 2.11. The van der Waals surface area contributed by atoms with Gasteiger partial charge in [0, 0.05) is 19.3 Å². The number of rotatable bonds is 28. The molecule has 252 valence electrons. The average molecular weight is 620 g/mol. The average Bonchev–Trinajstić information content (AvgIpc) is 2.96. The van der Waals surface area contributed by atoms with Crippen molar-refractivity contribution in [2.45, 2.75) is 122 Å². The molecule has 8 heteroatoms. The van der Waals surface area contributed by atoms with Gasteiger partial charge in [-0.25, -0.2) is 0 Å². The Labute approximate surface area is 267 Å². The predicted octanol–water partition coefficient (Wildman–Crippen LogP) is 6.40. The van der Waals surface area contributed by atoms with E-state index in [0.717, 1.165) is 77.0 Å².